The molecule has 0 radical (unpaired) electrons. The van der Waals surface area contributed by atoms with Gasteiger partial charge < -0.3 is 14.2 Å². The molecule has 136 valence electrons. The molecule has 9 heteroatoms. The fourth-order valence-electron chi connectivity index (χ4n) is 1.91. The molecule has 0 aliphatic carbocycles. The van der Waals surface area contributed by atoms with Crippen LogP contribution in [0.15, 0.2) is 12.1 Å². The van der Waals surface area contributed by atoms with Gasteiger partial charge in [0.25, 0.3) is 0 Å². The molecule has 0 heterocycles. The van der Waals surface area contributed by atoms with E-state index in [0.717, 1.165) is 12.1 Å². The second-order valence-electron chi connectivity index (χ2n) is 4.51. The van der Waals surface area contributed by atoms with Crippen molar-refractivity contribution in [2.45, 2.75) is 32.9 Å². The Labute approximate surface area is 135 Å². The normalized spacial score (nSPS) is 12.0. The third-order valence-corrected chi connectivity index (χ3v) is 2.85. The van der Waals surface area contributed by atoms with Gasteiger partial charge in [0.1, 0.15) is 17.1 Å². The number of rotatable bonds is 7. The highest BCUT2D eigenvalue weighted by Gasteiger charge is 2.61. The van der Waals surface area contributed by atoms with E-state index < -0.39 is 35.1 Å². The molecule has 0 aliphatic heterocycles. The van der Waals surface area contributed by atoms with Crippen LogP contribution >= 0.6 is 0 Å². The molecule has 0 N–H and O–H groups in total. The molecule has 0 unspecified atom stereocenters. The average molecular weight is 356 g/mol. The summed E-state index contributed by atoms with van der Waals surface area (Å²) in [5.41, 5.74) is -1.71. The van der Waals surface area contributed by atoms with Crippen LogP contribution in [0.25, 0.3) is 0 Å². The summed E-state index contributed by atoms with van der Waals surface area (Å²) in [6.45, 7) is 3.99. The minimum absolute atomic E-state index is 0.00717. The van der Waals surface area contributed by atoms with Crippen LogP contribution in [0, 0.1) is 0 Å². The van der Waals surface area contributed by atoms with E-state index in [2.05, 4.69) is 0 Å². The largest absolute Gasteiger partial charge is 0.493 e. The zero-order valence-corrected chi connectivity index (χ0v) is 13.3. The van der Waals surface area contributed by atoms with Crippen molar-refractivity contribution < 1.29 is 41.0 Å². The molecule has 0 bridgehead atoms. The van der Waals surface area contributed by atoms with E-state index in [9.17, 15) is 26.7 Å². The lowest BCUT2D eigenvalue weighted by molar-refractivity contribution is -0.290. The van der Waals surface area contributed by atoms with Gasteiger partial charge in [0.05, 0.1) is 25.4 Å². The molecule has 0 amide bonds. The molecular formula is C15H17F5O4. The van der Waals surface area contributed by atoms with Crippen molar-refractivity contribution >= 4 is 5.97 Å². The number of halogens is 5. The van der Waals surface area contributed by atoms with Gasteiger partial charge >= 0.3 is 18.1 Å². The molecule has 0 aromatic heterocycles. The lowest BCUT2D eigenvalue weighted by atomic mass is 10.0. The number of hydrogen-bond acceptors (Lipinski definition) is 4. The van der Waals surface area contributed by atoms with E-state index in [0.29, 0.717) is 0 Å². The number of carbonyl (C=O) groups excluding carboxylic acids is 1. The van der Waals surface area contributed by atoms with Gasteiger partial charge in [-0.15, -0.1) is 0 Å². The molecule has 0 fully saturated rings. The maximum absolute atomic E-state index is 13.9. The predicted octanol–water partition coefficient (Wildman–Crippen LogP) is 4.31. The number of ether oxygens (including phenoxy) is 3. The highest BCUT2D eigenvalue weighted by molar-refractivity contribution is 5.91. The molecule has 4 nitrogen and oxygen atoms in total. The smallest absolute Gasteiger partial charge is 0.458 e. The molecule has 1 aromatic rings. The van der Waals surface area contributed by atoms with E-state index >= 15 is 0 Å². The van der Waals surface area contributed by atoms with Gasteiger partial charge in [0.2, 0.25) is 0 Å². The van der Waals surface area contributed by atoms with Crippen molar-refractivity contribution in [2.24, 2.45) is 0 Å². The van der Waals surface area contributed by atoms with E-state index in [-0.39, 0.29) is 25.4 Å². The summed E-state index contributed by atoms with van der Waals surface area (Å²) in [6, 6.07) is 1.58. The fourth-order valence-corrected chi connectivity index (χ4v) is 1.91. The lowest BCUT2D eigenvalue weighted by Gasteiger charge is -2.25. The van der Waals surface area contributed by atoms with Gasteiger partial charge in [0.15, 0.2) is 0 Å². The van der Waals surface area contributed by atoms with Crippen molar-refractivity contribution in [3.05, 3.63) is 23.3 Å². The molecule has 24 heavy (non-hydrogen) atoms. The van der Waals surface area contributed by atoms with Crippen LogP contribution < -0.4 is 9.47 Å². The second kappa shape index (κ2) is 7.67. The summed E-state index contributed by atoms with van der Waals surface area (Å²) < 4.78 is 80.7. The topological polar surface area (TPSA) is 44.8 Å². The Balaban J connectivity index is 3.63. The molecular weight excluding hydrogens is 339 g/mol. The highest BCUT2D eigenvalue weighted by atomic mass is 19.4. The summed E-state index contributed by atoms with van der Waals surface area (Å²) >= 11 is 0. The van der Waals surface area contributed by atoms with E-state index in [1.54, 1.807) is 0 Å². The Kier molecular flexibility index (Phi) is 6.39. The summed E-state index contributed by atoms with van der Waals surface area (Å²) in [4.78, 5) is 11.8. The Bertz CT molecular complexity index is 557. The maximum Gasteiger partial charge on any atom is 0.458 e. The number of hydrogen-bond donors (Lipinski definition) is 0. The Hall–Kier alpha value is -2.06. The quantitative estimate of drug-likeness (QED) is 0.539. The molecule has 0 saturated heterocycles. The number of carbonyl (C=O) groups is 1. The first-order chi connectivity index (χ1) is 11.1. The van der Waals surface area contributed by atoms with Gasteiger partial charge in [-0.1, -0.05) is 0 Å². The van der Waals surface area contributed by atoms with Crippen LogP contribution in [0.1, 0.15) is 36.7 Å². The van der Waals surface area contributed by atoms with Gasteiger partial charge in [-0.2, -0.15) is 22.0 Å². The molecule has 0 spiro atoms. The van der Waals surface area contributed by atoms with Crippen LogP contribution in [0.2, 0.25) is 0 Å². The standard InChI is InChI=1S/C15H17F5O4/c1-4-22-10-7-9(13(21)24-6-3)8-11(23-5-2)12(10)14(16,17)15(18,19)20/h7-8H,4-6H2,1-3H3. The third-order valence-electron chi connectivity index (χ3n) is 2.85. The van der Waals surface area contributed by atoms with Gasteiger partial charge in [-0.05, 0) is 32.9 Å². The third kappa shape index (κ3) is 4.07. The van der Waals surface area contributed by atoms with Crippen LogP contribution in [-0.4, -0.2) is 32.0 Å². The first-order valence-electron chi connectivity index (χ1n) is 7.15. The number of benzene rings is 1. The summed E-state index contributed by atoms with van der Waals surface area (Å²) in [6.07, 6.45) is -5.85. The van der Waals surface area contributed by atoms with Crippen molar-refractivity contribution in [1.29, 1.82) is 0 Å². The second-order valence-corrected chi connectivity index (χ2v) is 4.51. The Morgan fingerprint density at radius 1 is 0.917 bits per heavy atom. The van der Waals surface area contributed by atoms with Gasteiger partial charge in [-0.3, -0.25) is 0 Å². The molecule has 1 rings (SSSR count). The first kappa shape index (κ1) is 20.0. The fraction of sp³-hybridized carbons (Fsp3) is 0.533. The van der Waals surface area contributed by atoms with Crippen molar-refractivity contribution in [3.8, 4) is 11.5 Å². The highest BCUT2D eigenvalue weighted by Crippen LogP contribution is 2.51. The summed E-state index contributed by atoms with van der Waals surface area (Å²) in [5, 5.41) is 0. The van der Waals surface area contributed by atoms with Gasteiger partial charge in [-0.25, -0.2) is 4.79 Å². The molecule has 0 saturated carbocycles. The van der Waals surface area contributed by atoms with E-state index in [1.165, 1.54) is 20.8 Å². The van der Waals surface area contributed by atoms with Crippen LogP contribution in [0.4, 0.5) is 22.0 Å². The van der Waals surface area contributed by atoms with Crippen LogP contribution in [0.3, 0.4) is 0 Å². The minimum Gasteiger partial charge on any atom is -0.493 e. The van der Waals surface area contributed by atoms with Crippen molar-refractivity contribution in [1.82, 2.24) is 0 Å². The molecule has 0 atom stereocenters. The first-order valence-corrected chi connectivity index (χ1v) is 7.15. The number of esters is 1. The molecule has 0 aliphatic rings. The lowest BCUT2D eigenvalue weighted by Crippen LogP contribution is -2.34. The Morgan fingerprint density at radius 2 is 1.38 bits per heavy atom. The van der Waals surface area contributed by atoms with Gasteiger partial charge in [0, 0.05) is 0 Å². The molecule has 1 aromatic carbocycles. The van der Waals surface area contributed by atoms with Crippen LogP contribution in [0.5, 0.6) is 11.5 Å². The summed E-state index contributed by atoms with van der Waals surface area (Å²) in [5.74, 6) is -7.67. The Morgan fingerprint density at radius 3 is 1.71 bits per heavy atom. The van der Waals surface area contributed by atoms with Crippen LogP contribution in [-0.2, 0) is 10.7 Å². The monoisotopic (exact) mass is 356 g/mol. The average Bonchev–Trinajstić information content (AvgIpc) is 2.46. The number of alkyl halides is 5. The van der Waals surface area contributed by atoms with E-state index in [4.69, 9.17) is 14.2 Å². The zero-order valence-electron chi connectivity index (χ0n) is 13.3. The summed E-state index contributed by atoms with van der Waals surface area (Å²) in [7, 11) is 0. The SMILES string of the molecule is CCOC(=O)c1cc(OCC)c(C(F)(F)C(F)(F)F)c(OCC)c1. The maximum atomic E-state index is 13.9. The van der Waals surface area contributed by atoms with Crippen molar-refractivity contribution in [3.63, 3.8) is 0 Å². The van der Waals surface area contributed by atoms with E-state index in [1.807, 2.05) is 0 Å². The van der Waals surface area contributed by atoms with Crippen molar-refractivity contribution in [2.75, 3.05) is 19.8 Å². The predicted molar refractivity (Wildman–Crippen MR) is 74.7 cm³/mol. The zero-order chi connectivity index (χ0) is 18.5. The minimum atomic E-state index is -5.85.